The topological polar surface area (TPSA) is 88.0 Å². The summed E-state index contributed by atoms with van der Waals surface area (Å²) in [6, 6.07) is 6.81. The Bertz CT molecular complexity index is 506. The van der Waals surface area contributed by atoms with Crippen LogP contribution in [-0.2, 0) is 19.7 Å². The van der Waals surface area contributed by atoms with Crippen molar-refractivity contribution in [1.29, 1.82) is 0 Å². The Morgan fingerprint density at radius 2 is 1.95 bits per heavy atom. The van der Waals surface area contributed by atoms with Gasteiger partial charge in [0, 0.05) is 5.69 Å². The lowest BCUT2D eigenvalue weighted by Gasteiger charge is -2.23. The molecule has 2 N–H and O–H groups in total. The number of oxime groups is 1. The van der Waals surface area contributed by atoms with E-state index in [4.69, 9.17) is 9.94 Å². The van der Waals surface area contributed by atoms with E-state index in [9.17, 15) is 9.59 Å². The van der Waals surface area contributed by atoms with Gasteiger partial charge in [-0.15, -0.1) is 0 Å². The van der Waals surface area contributed by atoms with Gasteiger partial charge in [0.05, 0.1) is 12.0 Å². The van der Waals surface area contributed by atoms with Crippen molar-refractivity contribution in [2.24, 2.45) is 5.16 Å². The summed E-state index contributed by atoms with van der Waals surface area (Å²) in [7, 11) is 0. The molecule has 0 aliphatic carbocycles. The first-order valence-electron chi connectivity index (χ1n) is 6.18. The van der Waals surface area contributed by atoms with Gasteiger partial charge >= 0.3 is 5.97 Å². The average Bonchev–Trinajstić information content (AvgIpc) is 2.39. The van der Waals surface area contributed by atoms with Gasteiger partial charge in [0.1, 0.15) is 6.21 Å². The lowest BCUT2D eigenvalue weighted by Crippen LogP contribution is -2.31. The van der Waals surface area contributed by atoms with Gasteiger partial charge in [-0.3, -0.25) is 9.59 Å². The SMILES string of the molecule is CCOC(=O)C(C)(C)c1ccc(NC(=O)/C=N\O)cc1. The summed E-state index contributed by atoms with van der Waals surface area (Å²) in [6.45, 7) is 5.64. The van der Waals surface area contributed by atoms with E-state index in [0.717, 1.165) is 11.8 Å². The molecule has 0 unspecified atom stereocenters. The number of nitrogens with zero attached hydrogens (tertiary/aromatic N) is 1. The van der Waals surface area contributed by atoms with Gasteiger partial charge in [-0.2, -0.15) is 0 Å². The fourth-order valence-electron chi connectivity index (χ4n) is 1.63. The fourth-order valence-corrected chi connectivity index (χ4v) is 1.63. The first kappa shape index (κ1) is 15.7. The van der Waals surface area contributed by atoms with E-state index >= 15 is 0 Å². The Kier molecular flexibility index (Phi) is 5.25. The van der Waals surface area contributed by atoms with Crippen molar-refractivity contribution in [2.45, 2.75) is 26.2 Å². The highest BCUT2D eigenvalue weighted by atomic mass is 16.5. The molecule has 6 nitrogen and oxygen atoms in total. The van der Waals surface area contributed by atoms with Gasteiger partial charge in [-0.1, -0.05) is 17.3 Å². The Morgan fingerprint density at radius 3 is 2.45 bits per heavy atom. The molecule has 0 saturated heterocycles. The number of rotatable bonds is 5. The van der Waals surface area contributed by atoms with Crippen molar-refractivity contribution in [3.05, 3.63) is 29.8 Å². The second kappa shape index (κ2) is 6.70. The van der Waals surface area contributed by atoms with E-state index in [2.05, 4.69) is 10.5 Å². The number of hydrogen-bond donors (Lipinski definition) is 2. The predicted molar refractivity (Wildman–Crippen MR) is 75.0 cm³/mol. The summed E-state index contributed by atoms with van der Waals surface area (Å²) in [5.74, 6) is -0.839. The minimum absolute atomic E-state index is 0.302. The largest absolute Gasteiger partial charge is 0.465 e. The maximum absolute atomic E-state index is 11.9. The molecule has 108 valence electrons. The van der Waals surface area contributed by atoms with Crippen LogP contribution < -0.4 is 5.32 Å². The number of nitrogens with one attached hydrogen (secondary N) is 1. The second-order valence-corrected chi connectivity index (χ2v) is 4.66. The molecule has 0 aliphatic heterocycles. The molecule has 20 heavy (non-hydrogen) atoms. The standard InChI is InChI=1S/C14H18N2O4/c1-4-20-13(18)14(2,3)10-5-7-11(8-6-10)16-12(17)9-15-19/h5-9,19H,4H2,1-3H3,(H,16,17)/b15-9-. The number of amides is 1. The first-order chi connectivity index (χ1) is 9.41. The van der Waals surface area contributed by atoms with Crippen LogP contribution in [0.15, 0.2) is 29.4 Å². The zero-order valence-corrected chi connectivity index (χ0v) is 11.7. The molecule has 1 amide bonds. The highest BCUT2D eigenvalue weighted by Gasteiger charge is 2.31. The zero-order valence-electron chi connectivity index (χ0n) is 11.7. The van der Waals surface area contributed by atoms with Crippen molar-refractivity contribution in [3.8, 4) is 0 Å². The Labute approximate surface area is 117 Å². The van der Waals surface area contributed by atoms with Crippen molar-refractivity contribution < 1.29 is 19.5 Å². The smallest absolute Gasteiger partial charge is 0.315 e. The van der Waals surface area contributed by atoms with Crippen molar-refractivity contribution in [2.75, 3.05) is 11.9 Å². The summed E-state index contributed by atoms with van der Waals surface area (Å²) in [4.78, 5) is 23.1. The van der Waals surface area contributed by atoms with E-state index in [-0.39, 0.29) is 5.97 Å². The summed E-state index contributed by atoms with van der Waals surface area (Å²) in [6.07, 6.45) is 0.760. The lowest BCUT2D eigenvalue weighted by atomic mass is 9.84. The van der Waals surface area contributed by atoms with Gasteiger partial charge in [-0.05, 0) is 38.5 Å². The molecule has 0 fully saturated rings. The van der Waals surface area contributed by atoms with E-state index in [1.807, 2.05) is 0 Å². The lowest BCUT2D eigenvalue weighted by molar-refractivity contribution is -0.148. The molecule has 0 heterocycles. The maximum atomic E-state index is 11.9. The van der Waals surface area contributed by atoms with E-state index in [1.54, 1.807) is 45.0 Å². The molecule has 1 aromatic rings. The van der Waals surface area contributed by atoms with Crippen molar-refractivity contribution >= 4 is 23.8 Å². The average molecular weight is 278 g/mol. The molecule has 0 spiro atoms. The molecular formula is C14H18N2O4. The maximum Gasteiger partial charge on any atom is 0.315 e. The molecule has 1 rings (SSSR count). The number of esters is 1. The van der Waals surface area contributed by atoms with Crippen molar-refractivity contribution in [1.82, 2.24) is 0 Å². The minimum Gasteiger partial charge on any atom is -0.465 e. The number of hydrogen-bond acceptors (Lipinski definition) is 5. The predicted octanol–water partition coefficient (Wildman–Crippen LogP) is 1.93. The molecule has 0 bridgehead atoms. The molecule has 0 radical (unpaired) electrons. The highest BCUT2D eigenvalue weighted by Crippen LogP contribution is 2.26. The minimum atomic E-state index is -0.759. The third kappa shape index (κ3) is 3.81. The number of carbonyl (C=O) groups excluding carboxylic acids is 2. The number of carbonyl (C=O) groups is 2. The summed E-state index contributed by atoms with van der Waals surface area (Å²) in [5.41, 5.74) is 0.563. The van der Waals surface area contributed by atoms with Crippen LogP contribution in [0.25, 0.3) is 0 Å². The van der Waals surface area contributed by atoms with Crippen LogP contribution in [0.5, 0.6) is 0 Å². The number of ether oxygens (including phenoxy) is 1. The van der Waals surface area contributed by atoms with Gasteiger partial charge in [0.2, 0.25) is 0 Å². The van der Waals surface area contributed by atoms with Crippen LogP contribution in [0.3, 0.4) is 0 Å². The van der Waals surface area contributed by atoms with Crippen LogP contribution in [0, 0.1) is 0 Å². The van der Waals surface area contributed by atoms with Crippen LogP contribution >= 0.6 is 0 Å². The van der Waals surface area contributed by atoms with Crippen LogP contribution in [-0.4, -0.2) is 29.9 Å². The zero-order chi connectivity index (χ0) is 15.2. The Morgan fingerprint density at radius 1 is 1.35 bits per heavy atom. The normalized spacial score (nSPS) is 11.3. The van der Waals surface area contributed by atoms with E-state index in [1.165, 1.54) is 0 Å². The number of anilines is 1. The van der Waals surface area contributed by atoms with Crippen molar-refractivity contribution in [3.63, 3.8) is 0 Å². The quantitative estimate of drug-likeness (QED) is 0.373. The highest BCUT2D eigenvalue weighted by molar-refractivity contribution is 6.31. The van der Waals surface area contributed by atoms with E-state index in [0.29, 0.717) is 12.3 Å². The molecular weight excluding hydrogens is 260 g/mol. The van der Waals surface area contributed by atoms with Crippen LogP contribution in [0.1, 0.15) is 26.3 Å². The third-order valence-corrected chi connectivity index (χ3v) is 2.83. The first-order valence-corrected chi connectivity index (χ1v) is 6.18. The van der Waals surface area contributed by atoms with Gasteiger partial charge in [0.25, 0.3) is 5.91 Å². The van der Waals surface area contributed by atoms with Gasteiger partial charge < -0.3 is 15.3 Å². The molecule has 6 heteroatoms. The monoisotopic (exact) mass is 278 g/mol. The fraction of sp³-hybridized carbons (Fsp3) is 0.357. The Balaban J connectivity index is 2.85. The van der Waals surface area contributed by atoms with Crippen LogP contribution in [0.2, 0.25) is 0 Å². The molecule has 0 aromatic heterocycles. The molecule has 0 atom stereocenters. The molecule has 0 aliphatic rings. The second-order valence-electron chi connectivity index (χ2n) is 4.66. The van der Waals surface area contributed by atoms with E-state index < -0.39 is 11.3 Å². The van der Waals surface area contributed by atoms with Crippen LogP contribution in [0.4, 0.5) is 5.69 Å². The molecule has 1 aromatic carbocycles. The number of benzene rings is 1. The summed E-state index contributed by atoms with van der Waals surface area (Å²) < 4.78 is 5.03. The summed E-state index contributed by atoms with van der Waals surface area (Å²) >= 11 is 0. The Hall–Kier alpha value is -2.37. The summed E-state index contributed by atoms with van der Waals surface area (Å²) in [5, 5.41) is 13.4. The van der Waals surface area contributed by atoms with Gasteiger partial charge in [-0.25, -0.2) is 0 Å². The molecule has 0 saturated carbocycles. The third-order valence-electron chi connectivity index (χ3n) is 2.83. The van der Waals surface area contributed by atoms with Gasteiger partial charge in [0.15, 0.2) is 0 Å².